The molecule has 3 nitrogen and oxygen atoms in total. The second-order valence-corrected chi connectivity index (χ2v) is 10.1. The van der Waals surface area contributed by atoms with Gasteiger partial charge < -0.3 is 13.3 Å². The minimum atomic E-state index is -2.63. The van der Waals surface area contributed by atoms with Crippen molar-refractivity contribution in [2.75, 3.05) is 7.11 Å². The highest BCUT2D eigenvalue weighted by molar-refractivity contribution is 6.60. The first-order chi connectivity index (χ1) is 10.3. The molecule has 0 aliphatic carbocycles. The molecule has 128 valence electrons. The predicted molar refractivity (Wildman–Crippen MR) is 93.4 cm³/mol. The summed E-state index contributed by atoms with van der Waals surface area (Å²) in [4.78, 5) is 0. The Labute approximate surface area is 138 Å². The number of unbranched alkanes of at least 4 members (excludes halogenated alkanes) is 1. The number of hydrogen-bond donors (Lipinski definition) is 0. The maximum absolute atomic E-state index is 6.51. The van der Waals surface area contributed by atoms with Gasteiger partial charge in [-0.3, -0.25) is 0 Å². The Balaban J connectivity index is 3.00. The lowest BCUT2D eigenvalue weighted by atomic mass is 9.80. The molecule has 1 aliphatic heterocycles. The first kappa shape index (κ1) is 19.7. The van der Waals surface area contributed by atoms with E-state index in [-0.39, 0.29) is 12.2 Å². The summed E-state index contributed by atoms with van der Waals surface area (Å²) >= 11 is 0. The van der Waals surface area contributed by atoms with E-state index in [0.29, 0.717) is 23.7 Å². The summed E-state index contributed by atoms with van der Waals surface area (Å²) in [5.74, 6) is 4.59. The van der Waals surface area contributed by atoms with Gasteiger partial charge in [-0.25, -0.2) is 0 Å². The molecule has 22 heavy (non-hydrogen) atoms. The van der Waals surface area contributed by atoms with Crippen LogP contribution >= 0.6 is 0 Å². The van der Waals surface area contributed by atoms with Gasteiger partial charge in [-0.2, -0.15) is 0 Å². The van der Waals surface area contributed by atoms with Crippen molar-refractivity contribution < 1.29 is 13.3 Å². The lowest BCUT2D eigenvalue weighted by Crippen LogP contribution is -2.61. The molecule has 0 N–H and O–H groups in total. The van der Waals surface area contributed by atoms with Crippen LogP contribution in [0.5, 0.6) is 0 Å². The van der Waals surface area contributed by atoms with Gasteiger partial charge in [-0.1, -0.05) is 41.5 Å². The zero-order valence-corrected chi connectivity index (χ0v) is 16.4. The summed E-state index contributed by atoms with van der Waals surface area (Å²) in [6.07, 6.45) is 7.42. The van der Waals surface area contributed by atoms with Crippen molar-refractivity contribution >= 4 is 8.80 Å². The largest absolute Gasteiger partial charge is 0.501 e. The van der Waals surface area contributed by atoms with Gasteiger partial charge in [0.05, 0.1) is 12.2 Å². The van der Waals surface area contributed by atoms with Gasteiger partial charge in [0.2, 0.25) is 0 Å². The van der Waals surface area contributed by atoms with Crippen LogP contribution < -0.4 is 0 Å². The molecule has 1 heterocycles. The standard InChI is InChI=1S/C18H34O3Si/c1-9-10-11-12-22(19-8)20-17(14(4)5)16(7)18(21-22)15(6)13(2)3/h1,13-18H,10-12H2,2-8H3. The summed E-state index contributed by atoms with van der Waals surface area (Å²) < 4.78 is 18.8. The summed E-state index contributed by atoms with van der Waals surface area (Å²) in [5, 5.41) is 0. The Morgan fingerprint density at radius 2 is 1.73 bits per heavy atom. The van der Waals surface area contributed by atoms with E-state index in [4.69, 9.17) is 19.7 Å². The van der Waals surface area contributed by atoms with Crippen molar-refractivity contribution in [2.45, 2.75) is 72.6 Å². The van der Waals surface area contributed by atoms with Crippen molar-refractivity contribution in [1.29, 1.82) is 0 Å². The summed E-state index contributed by atoms with van der Waals surface area (Å²) in [5.41, 5.74) is 0. The van der Waals surface area contributed by atoms with Crippen LogP contribution in [0.15, 0.2) is 0 Å². The Morgan fingerprint density at radius 3 is 2.18 bits per heavy atom. The zero-order valence-electron chi connectivity index (χ0n) is 15.4. The summed E-state index contributed by atoms with van der Waals surface area (Å²) in [6, 6.07) is 0.810. The first-order valence-electron chi connectivity index (χ1n) is 8.62. The van der Waals surface area contributed by atoms with E-state index in [1.807, 2.05) is 0 Å². The average Bonchev–Trinajstić information content (AvgIpc) is 2.48. The normalized spacial score (nSPS) is 33.9. The molecule has 5 atom stereocenters. The quantitative estimate of drug-likeness (QED) is 0.395. The van der Waals surface area contributed by atoms with Crippen LogP contribution in [0.2, 0.25) is 6.04 Å². The Hall–Kier alpha value is -0.343. The predicted octanol–water partition coefficient (Wildman–Crippen LogP) is 4.35. The fourth-order valence-corrected chi connectivity index (χ4v) is 6.32. The van der Waals surface area contributed by atoms with Gasteiger partial charge in [0.15, 0.2) is 0 Å². The lowest BCUT2D eigenvalue weighted by molar-refractivity contribution is -0.122. The highest BCUT2D eigenvalue weighted by Gasteiger charge is 2.53. The molecular formula is C18H34O3Si. The van der Waals surface area contributed by atoms with Crippen LogP contribution in [0.1, 0.15) is 54.4 Å². The van der Waals surface area contributed by atoms with E-state index in [1.54, 1.807) is 7.11 Å². The van der Waals surface area contributed by atoms with Crippen LogP contribution in [0, 0.1) is 36.0 Å². The van der Waals surface area contributed by atoms with E-state index >= 15 is 0 Å². The van der Waals surface area contributed by atoms with Gasteiger partial charge in [0, 0.05) is 25.5 Å². The van der Waals surface area contributed by atoms with Crippen molar-refractivity contribution in [3.05, 3.63) is 0 Å². The number of rotatable bonds is 7. The Bertz CT molecular complexity index is 377. The van der Waals surface area contributed by atoms with Gasteiger partial charge in [-0.15, -0.1) is 12.3 Å². The fourth-order valence-electron chi connectivity index (χ4n) is 3.28. The smallest absolute Gasteiger partial charge is 0.377 e. The number of terminal acetylenes is 1. The van der Waals surface area contributed by atoms with E-state index in [2.05, 4.69) is 47.5 Å². The van der Waals surface area contributed by atoms with Gasteiger partial charge in [-0.05, 0) is 24.2 Å². The van der Waals surface area contributed by atoms with Crippen molar-refractivity contribution in [3.8, 4) is 12.3 Å². The molecular weight excluding hydrogens is 292 g/mol. The third-order valence-corrected chi connectivity index (χ3v) is 7.86. The highest BCUT2D eigenvalue weighted by Crippen LogP contribution is 2.39. The number of hydrogen-bond acceptors (Lipinski definition) is 3. The molecule has 0 radical (unpaired) electrons. The van der Waals surface area contributed by atoms with Crippen molar-refractivity contribution in [2.24, 2.45) is 23.7 Å². The third-order valence-electron chi connectivity index (χ3n) is 5.01. The van der Waals surface area contributed by atoms with E-state index in [1.165, 1.54) is 0 Å². The highest BCUT2D eigenvalue weighted by atomic mass is 28.4. The summed E-state index contributed by atoms with van der Waals surface area (Å²) in [6.45, 7) is 13.5. The van der Waals surface area contributed by atoms with Gasteiger partial charge in [0.25, 0.3) is 0 Å². The molecule has 0 saturated carbocycles. The molecule has 0 spiro atoms. The molecule has 0 aromatic heterocycles. The minimum absolute atomic E-state index is 0.192. The maximum Gasteiger partial charge on any atom is 0.501 e. The molecule has 0 aromatic rings. The van der Waals surface area contributed by atoms with Crippen LogP contribution in [0.4, 0.5) is 0 Å². The molecule has 1 fully saturated rings. The lowest BCUT2D eigenvalue weighted by Gasteiger charge is -2.49. The molecule has 1 saturated heterocycles. The van der Waals surface area contributed by atoms with E-state index in [9.17, 15) is 0 Å². The molecule has 0 aromatic carbocycles. The summed E-state index contributed by atoms with van der Waals surface area (Å²) in [7, 11) is -0.900. The Kier molecular flexibility index (Phi) is 7.61. The molecule has 1 aliphatic rings. The molecule has 4 heteroatoms. The first-order valence-corrected chi connectivity index (χ1v) is 10.6. The average molecular weight is 327 g/mol. The molecule has 5 unspecified atom stereocenters. The van der Waals surface area contributed by atoms with Crippen LogP contribution in [0.25, 0.3) is 0 Å². The van der Waals surface area contributed by atoms with E-state index in [0.717, 1.165) is 18.9 Å². The van der Waals surface area contributed by atoms with Crippen molar-refractivity contribution in [3.63, 3.8) is 0 Å². The van der Waals surface area contributed by atoms with E-state index < -0.39 is 8.80 Å². The second-order valence-electron chi connectivity index (χ2n) is 7.32. The Morgan fingerprint density at radius 1 is 1.14 bits per heavy atom. The molecule has 0 amide bonds. The SMILES string of the molecule is C#CCCC[Si]1(OC)OC(C(C)C)C(C)C(C(C)C(C)C)O1. The minimum Gasteiger partial charge on any atom is -0.377 e. The van der Waals surface area contributed by atoms with Crippen LogP contribution in [-0.4, -0.2) is 28.1 Å². The second kappa shape index (κ2) is 8.49. The maximum atomic E-state index is 6.51. The van der Waals surface area contributed by atoms with Crippen LogP contribution in [-0.2, 0) is 13.3 Å². The van der Waals surface area contributed by atoms with Gasteiger partial charge >= 0.3 is 8.80 Å². The van der Waals surface area contributed by atoms with Gasteiger partial charge in [0.1, 0.15) is 0 Å². The van der Waals surface area contributed by atoms with Crippen molar-refractivity contribution in [1.82, 2.24) is 0 Å². The zero-order chi connectivity index (χ0) is 16.9. The topological polar surface area (TPSA) is 27.7 Å². The third kappa shape index (κ3) is 4.58. The van der Waals surface area contributed by atoms with Crippen LogP contribution in [0.3, 0.4) is 0 Å². The monoisotopic (exact) mass is 326 g/mol. The molecule has 0 bridgehead atoms. The fraction of sp³-hybridized carbons (Fsp3) is 0.889. The molecule has 1 rings (SSSR count).